The van der Waals surface area contributed by atoms with E-state index in [9.17, 15) is 9.90 Å². The van der Waals surface area contributed by atoms with Gasteiger partial charge in [-0.05, 0) is 0 Å². The van der Waals surface area contributed by atoms with Crippen molar-refractivity contribution < 1.29 is 20.1 Å². The molecule has 1 rings (SSSR count). The van der Waals surface area contributed by atoms with Crippen LogP contribution in [0.3, 0.4) is 0 Å². The molecule has 0 saturated heterocycles. The molecule has 13 heavy (non-hydrogen) atoms. The van der Waals surface area contributed by atoms with E-state index in [1.807, 2.05) is 0 Å². The zero-order chi connectivity index (χ0) is 10.0. The van der Waals surface area contributed by atoms with Crippen LogP contribution in [0.15, 0.2) is 12.1 Å². The van der Waals surface area contributed by atoms with Gasteiger partial charge in [-0.25, -0.2) is 0 Å². The Bertz CT molecular complexity index is 348. The molecule has 0 fully saturated rings. The second kappa shape index (κ2) is 3.22. The first kappa shape index (κ1) is 9.18. The van der Waals surface area contributed by atoms with Gasteiger partial charge in [0.15, 0.2) is 11.5 Å². The summed E-state index contributed by atoms with van der Waals surface area (Å²) in [6, 6.07) is 1.89. The molecule has 1 aromatic carbocycles. The minimum atomic E-state index is -0.534. The number of benzene rings is 1. The zero-order valence-corrected chi connectivity index (χ0v) is 6.90. The lowest BCUT2D eigenvalue weighted by Gasteiger charge is -2.04. The number of phenols is 3. The van der Waals surface area contributed by atoms with Crippen molar-refractivity contribution in [2.45, 2.75) is 0 Å². The molecule has 0 bridgehead atoms. The zero-order valence-electron chi connectivity index (χ0n) is 6.90. The van der Waals surface area contributed by atoms with Gasteiger partial charge in [-0.2, -0.15) is 0 Å². The number of amides is 1. The van der Waals surface area contributed by atoms with Crippen molar-refractivity contribution in [2.24, 2.45) is 0 Å². The van der Waals surface area contributed by atoms with Gasteiger partial charge < -0.3 is 20.6 Å². The van der Waals surface area contributed by atoms with E-state index in [4.69, 9.17) is 10.2 Å². The number of nitrogens with one attached hydrogen (secondary N) is 1. The summed E-state index contributed by atoms with van der Waals surface area (Å²) in [6.07, 6.45) is 0. The van der Waals surface area contributed by atoms with E-state index in [0.717, 1.165) is 12.1 Å². The van der Waals surface area contributed by atoms with E-state index in [2.05, 4.69) is 5.32 Å². The summed E-state index contributed by atoms with van der Waals surface area (Å²) < 4.78 is 0. The van der Waals surface area contributed by atoms with E-state index in [0.29, 0.717) is 0 Å². The molecular weight excluding hydrogens is 174 g/mol. The largest absolute Gasteiger partial charge is 0.507 e. The molecule has 5 heteroatoms. The van der Waals surface area contributed by atoms with Crippen molar-refractivity contribution in [1.29, 1.82) is 0 Å². The van der Waals surface area contributed by atoms with Gasteiger partial charge in [0, 0.05) is 19.2 Å². The van der Waals surface area contributed by atoms with Crippen molar-refractivity contribution in [3.05, 3.63) is 17.7 Å². The van der Waals surface area contributed by atoms with Crippen LogP contribution in [0, 0.1) is 0 Å². The molecule has 1 amide bonds. The second-order valence-corrected chi connectivity index (χ2v) is 2.44. The standard InChI is InChI=1S/C8H9NO4/c1-9-8(13)4-2-6(11)7(12)3-5(4)10/h2-3,10-12H,1H3,(H,9,13). The summed E-state index contributed by atoms with van der Waals surface area (Å²) in [5, 5.41) is 29.4. The summed E-state index contributed by atoms with van der Waals surface area (Å²) in [7, 11) is 1.39. The maximum atomic E-state index is 11.0. The highest BCUT2D eigenvalue weighted by atomic mass is 16.3. The van der Waals surface area contributed by atoms with Gasteiger partial charge in [0.25, 0.3) is 5.91 Å². The Hall–Kier alpha value is -1.91. The number of hydrogen-bond donors (Lipinski definition) is 4. The molecule has 70 valence electrons. The van der Waals surface area contributed by atoms with Gasteiger partial charge in [-0.3, -0.25) is 4.79 Å². The fourth-order valence-electron chi connectivity index (χ4n) is 0.882. The first-order valence-electron chi connectivity index (χ1n) is 3.53. The Morgan fingerprint density at radius 2 is 1.69 bits per heavy atom. The molecule has 0 aliphatic carbocycles. The summed E-state index contributed by atoms with van der Waals surface area (Å²) >= 11 is 0. The minimum absolute atomic E-state index is 0.0854. The highest BCUT2D eigenvalue weighted by Crippen LogP contribution is 2.31. The smallest absolute Gasteiger partial charge is 0.254 e. The number of phenolic OH excluding ortho intramolecular Hbond substituents is 3. The van der Waals surface area contributed by atoms with Crippen LogP contribution in [0.2, 0.25) is 0 Å². The average molecular weight is 183 g/mol. The molecule has 1 aromatic rings. The molecule has 0 saturated carbocycles. The summed E-state index contributed by atoms with van der Waals surface area (Å²) in [6.45, 7) is 0. The third-order valence-electron chi connectivity index (χ3n) is 1.56. The predicted molar refractivity (Wildman–Crippen MR) is 44.8 cm³/mol. The lowest BCUT2D eigenvalue weighted by Crippen LogP contribution is -2.17. The summed E-state index contributed by atoms with van der Waals surface area (Å²) in [4.78, 5) is 11.0. The fourth-order valence-corrected chi connectivity index (χ4v) is 0.882. The van der Waals surface area contributed by atoms with Crippen molar-refractivity contribution in [3.8, 4) is 17.2 Å². The van der Waals surface area contributed by atoms with Gasteiger partial charge >= 0.3 is 0 Å². The molecular formula is C8H9NO4. The predicted octanol–water partition coefficient (Wildman–Crippen LogP) is 0.163. The average Bonchev–Trinajstić information content (AvgIpc) is 2.10. The Morgan fingerprint density at radius 3 is 2.23 bits per heavy atom. The minimum Gasteiger partial charge on any atom is -0.507 e. The Morgan fingerprint density at radius 1 is 1.15 bits per heavy atom. The maximum Gasteiger partial charge on any atom is 0.254 e. The molecule has 0 atom stereocenters. The molecule has 0 unspecified atom stereocenters. The molecule has 0 aromatic heterocycles. The number of carbonyl (C=O) groups excluding carboxylic acids is 1. The number of aromatic hydroxyl groups is 3. The molecule has 5 nitrogen and oxygen atoms in total. The maximum absolute atomic E-state index is 11.0. The molecule has 0 aliphatic heterocycles. The lowest BCUT2D eigenvalue weighted by atomic mass is 10.1. The fraction of sp³-hybridized carbons (Fsp3) is 0.125. The quantitative estimate of drug-likeness (QED) is 0.369. The van der Waals surface area contributed by atoms with Gasteiger partial charge in [-0.15, -0.1) is 0 Å². The van der Waals surface area contributed by atoms with Crippen LogP contribution in [-0.4, -0.2) is 28.3 Å². The molecule has 0 aliphatic rings. The normalized spacial score (nSPS) is 9.62. The highest BCUT2D eigenvalue weighted by molar-refractivity contribution is 5.97. The first-order chi connectivity index (χ1) is 6.06. The summed E-state index contributed by atoms with van der Waals surface area (Å²) in [5.41, 5.74) is -0.0854. The second-order valence-electron chi connectivity index (χ2n) is 2.44. The number of carbonyl (C=O) groups is 1. The molecule has 4 N–H and O–H groups in total. The van der Waals surface area contributed by atoms with Gasteiger partial charge in [0.05, 0.1) is 5.56 Å². The van der Waals surface area contributed by atoms with Crippen LogP contribution >= 0.6 is 0 Å². The van der Waals surface area contributed by atoms with Crippen LogP contribution in [0.5, 0.6) is 17.2 Å². The van der Waals surface area contributed by atoms with Gasteiger partial charge in [0.1, 0.15) is 5.75 Å². The van der Waals surface area contributed by atoms with Crippen LogP contribution < -0.4 is 5.32 Å². The molecule has 0 heterocycles. The monoisotopic (exact) mass is 183 g/mol. The number of hydrogen-bond acceptors (Lipinski definition) is 4. The SMILES string of the molecule is CNC(=O)c1cc(O)c(O)cc1O. The van der Waals surface area contributed by atoms with Crippen LogP contribution in [-0.2, 0) is 0 Å². The highest BCUT2D eigenvalue weighted by Gasteiger charge is 2.12. The van der Waals surface area contributed by atoms with E-state index < -0.39 is 17.4 Å². The molecule has 0 radical (unpaired) electrons. The van der Waals surface area contributed by atoms with Crippen molar-refractivity contribution in [1.82, 2.24) is 5.32 Å². The Balaban J connectivity index is 3.23. The van der Waals surface area contributed by atoms with Crippen LogP contribution in [0.4, 0.5) is 0 Å². The third kappa shape index (κ3) is 1.64. The van der Waals surface area contributed by atoms with Crippen molar-refractivity contribution in [2.75, 3.05) is 7.05 Å². The lowest BCUT2D eigenvalue weighted by molar-refractivity contribution is 0.0960. The van der Waals surface area contributed by atoms with E-state index >= 15 is 0 Å². The van der Waals surface area contributed by atoms with E-state index in [1.54, 1.807) is 0 Å². The van der Waals surface area contributed by atoms with Crippen LogP contribution in [0.1, 0.15) is 10.4 Å². The number of rotatable bonds is 1. The summed E-state index contributed by atoms with van der Waals surface area (Å²) in [5.74, 6) is -1.83. The first-order valence-corrected chi connectivity index (χ1v) is 3.53. The van der Waals surface area contributed by atoms with Crippen molar-refractivity contribution in [3.63, 3.8) is 0 Å². The third-order valence-corrected chi connectivity index (χ3v) is 1.56. The van der Waals surface area contributed by atoms with Crippen molar-refractivity contribution >= 4 is 5.91 Å². The Labute approximate surface area is 74.3 Å². The van der Waals surface area contributed by atoms with Gasteiger partial charge in [-0.1, -0.05) is 0 Å². The Kier molecular flexibility index (Phi) is 2.27. The van der Waals surface area contributed by atoms with Gasteiger partial charge in [0.2, 0.25) is 0 Å². The molecule has 0 spiro atoms. The van der Waals surface area contributed by atoms with Crippen LogP contribution in [0.25, 0.3) is 0 Å². The van der Waals surface area contributed by atoms with E-state index in [-0.39, 0.29) is 11.3 Å². The topological polar surface area (TPSA) is 89.8 Å². The van der Waals surface area contributed by atoms with E-state index in [1.165, 1.54) is 7.05 Å².